The first-order valence-electron chi connectivity index (χ1n) is 6.62. The van der Waals surface area contributed by atoms with Crippen LogP contribution in [0, 0.1) is 0 Å². The third-order valence-corrected chi connectivity index (χ3v) is 4.15. The summed E-state index contributed by atoms with van der Waals surface area (Å²) in [5.74, 6) is 0.276. The molecule has 2 aromatic heterocycles. The van der Waals surface area contributed by atoms with Gasteiger partial charge in [-0.05, 0) is 34.8 Å². The van der Waals surface area contributed by atoms with E-state index in [2.05, 4.69) is 42.0 Å². The zero-order valence-electron chi connectivity index (χ0n) is 10.7. The van der Waals surface area contributed by atoms with Crippen molar-refractivity contribution in [2.75, 3.05) is 5.73 Å². The maximum Gasteiger partial charge on any atom is 0.240 e. The van der Waals surface area contributed by atoms with E-state index in [9.17, 15) is 0 Å². The molecule has 0 saturated heterocycles. The van der Waals surface area contributed by atoms with E-state index in [-0.39, 0.29) is 5.95 Å². The first-order chi connectivity index (χ1) is 9.22. The number of nitrogens with two attached hydrogens (primary N) is 1. The van der Waals surface area contributed by atoms with Gasteiger partial charge in [0, 0.05) is 6.20 Å². The maximum atomic E-state index is 5.56. The van der Waals surface area contributed by atoms with Crippen molar-refractivity contribution in [2.24, 2.45) is 0 Å². The van der Waals surface area contributed by atoms with Gasteiger partial charge in [0.05, 0.1) is 18.3 Å². The number of halogens is 1. The van der Waals surface area contributed by atoms with Crippen LogP contribution in [0.2, 0.25) is 0 Å². The maximum absolute atomic E-state index is 5.56. The van der Waals surface area contributed by atoms with Crippen molar-refractivity contribution in [3.63, 3.8) is 0 Å². The summed E-state index contributed by atoms with van der Waals surface area (Å²) in [5.41, 5.74) is 6.54. The van der Waals surface area contributed by atoms with Gasteiger partial charge in [-0.15, -0.1) is 5.10 Å². The molecular weight excluding hydrogens is 308 g/mol. The van der Waals surface area contributed by atoms with E-state index in [1.807, 2.05) is 6.07 Å². The molecule has 1 saturated carbocycles. The zero-order chi connectivity index (χ0) is 13.2. The summed E-state index contributed by atoms with van der Waals surface area (Å²) >= 11 is 3.33. The average molecular weight is 325 g/mol. The second kappa shape index (κ2) is 5.32. The summed E-state index contributed by atoms with van der Waals surface area (Å²) in [4.78, 5) is 4.02. The van der Waals surface area contributed by atoms with Gasteiger partial charge in [-0.1, -0.05) is 19.3 Å². The van der Waals surface area contributed by atoms with E-state index < -0.39 is 0 Å². The first kappa shape index (κ1) is 12.7. The predicted octanol–water partition coefficient (Wildman–Crippen LogP) is 2.37. The van der Waals surface area contributed by atoms with Crippen molar-refractivity contribution in [1.82, 2.24) is 24.5 Å². The largest absolute Gasteiger partial charge is 0.366 e. The Bertz CT molecular complexity index is 554. The Morgan fingerprint density at radius 1 is 1.26 bits per heavy atom. The summed E-state index contributed by atoms with van der Waals surface area (Å²) in [6, 6.07) is 2.60. The molecule has 0 unspecified atom stereocenters. The molecule has 0 aliphatic heterocycles. The van der Waals surface area contributed by atoms with Crippen LogP contribution >= 0.6 is 15.9 Å². The molecule has 1 aliphatic rings. The van der Waals surface area contributed by atoms with Crippen LogP contribution in [-0.4, -0.2) is 24.5 Å². The number of hydrogen-bond donors (Lipinski definition) is 1. The molecule has 0 bridgehead atoms. The van der Waals surface area contributed by atoms with Gasteiger partial charge in [0.1, 0.15) is 0 Å². The van der Waals surface area contributed by atoms with E-state index in [1.54, 1.807) is 4.68 Å². The predicted molar refractivity (Wildman–Crippen MR) is 75.6 cm³/mol. The molecule has 19 heavy (non-hydrogen) atoms. The van der Waals surface area contributed by atoms with Crippen LogP contribution in [0.25, 0.3) is 0 Å². The minimum absolute atomic E-state index is 0.276. The zero-order valence-corrected chi connectivity index (χ0v) is 12.3. The number of rotatable bonds is 3. The quantitative estimate of drug-likeness (QED) is 0.940. The summed E-state index contributed by atoms with van der Waals surface area (Å²) in [6.07, 6.45) is 8.52. The van der Waals surface area contributed by atoms with Gasteiger partial charge in [0.15, 0.2) is 4.73 Å². The van der Waals surface area contributed by atoms with Crippen molar-refractivity contribution in [3.8, 4) is 0 Å². The number of nitrogens with zero attached hydrogens (tertiary/aromatic N) is 5. The molecule has 7 heteroatoms. The van der Waals surface area contributed by atoms with Gasteiger partial charge >= 0.3 is 0 Å². The highest BCUT2D eigenvalue weighted by molar-refractivity contribution is 9.10. The molecule has 0 amide bonds. The second-order valence-corrected chi connectivity index (χ2v) is 5.68. The fourth-order valence-corrected chi connectivity index (χ4v) is 2.99. The second-order valence-electron chi connectivity index (χ2n) is 4.98. The van der Waals surface area contributed by atoms with E-state index in [4.69, 9.17) is 5.73 Å². The van der Waals surface area contributed by atoms with E-state index in [0.29, 0.717) is 17.3 Å². The average Bonchev–Trinajstić information content (AvgIpc) is 2.99. The molecule has 2 aromatic rings. The number of hydrogen-bond acceptors (Lipinski definition) is 4. The van der Waals surface area contributed by atoms with Gasteiger partial charge in [0.25, 0.3) is 0 Å². The molecule has 2 heterocycles. The Balaban J connectivity index is 1.72. The van der Waals surface area contributed by atoms with Gasteiger partial charge in [0.2, 0.25) is 5.95 Å². The first-order valence-corrected chi connectivity index (χ1v) is 7.41. The summed E-state index contributed by atoms with van der Waals surface area (Å²) in [7, 11) is 0. The molecule has 6 nitrogen and oxygen atoms in total. The van der Waals surface area contributed by atoms with Crippen LogP contribution in [0.4, 0.5) is 5.95 Å². The molecule has 0 aromatic carbocycles. The Morgan fingerprint density at radius 3 is 2.74 bits per heavy atom. The minimum Gasteiger partial charge on any atom is -0.366 e. The van der Waals surface area contributed by atoms with Gasteiger partial charge in [-0.3, -0.25) is 4.68 Å². The van der Waals surface area contributed by atoms with E-state index in [1.165, 1.54) is 32.1 Å². The Kier molecular flexibility index (Phi) is 3.54. The smallest absolute Gasteiger partial charge is 0.240 e. The SMILES string of the molecule is Nc1nc(Br)n(Cc2ccn(C3CCCCC3)n2)n1. The molecule has 1 aliphatic carbocycles. The lowest BCUT2D eigenvalue weighted by Crippen LogP contribution is -2.14. The van der Waals surface area contributed by atoms with Crippen molar-refractivity contribution in [1.29, 1.82) is 0 Å². The Hall–Kier alpha value is -1.37. The molecule has 0 spiro atoms. The lowest BCUT2D eigenvalue weighted by Gasteiger charge is -2.21. The molecule has 2 N–H and O–H groups in total. The lowest BCUT2D eigenvalue weighted by atomic mass is 9.96. The number of nitrogen functional groups attached to an aromatic ring is 1. The fraction of sp³-hybridized carbons (Fsp3) is 0.583. The fourth-order valence-electron chi connectivity index (χ4n) is 2.60. The molecule has 0 radical (unpaired) electrons. The topological polar surface area (TPSA) is 74.5 Å². The van der Waals surface area contributed by atoms with E-state index >= 15 is 0 Å². The third kappa shape index (κ3) is 2.80. The normalized spacial score (nSPS) is 16.9. The molecule has 102 valence electrons. The van der Waals surface area contributed by atoms with Crippen molar-refractivity contribution in [2.45, 2.75) is 44.7 Å². The highest BCUT2D eigenvalue weighted by Crippen LogP contribution is 2.27. The van der Waals surface area contributed by atoms with Crippen LogP contribution in [0.3, 0.4) is 0 Å². The Labute approximate surface area is 120 Å². The third-order valence-electron chi connectivity index (χ3n) is 3.57. The lowest BCUT2D eigenvalue weighted by molar-refractivity contribution is 0.327. The van der Waals surface area contributed by atoms with Crippen LogP contribution in [0.1, 0.15) is 43.8 Å². The summed E-state index contributed by atoms with van der Waals surface area (Å²) in [5, 5.41) is 8.76. The summed E-state index contributed by atoms with van der Waals surface area (Å²) < 4.78 is 4.45. The molecule has 1 fully saturated rings. The standard InChI is InChI=1S/C12H17BrN6/c13-11-15-12(14)17-19(11)8-9-6-7-18(16-9)10-4-2-1-3-5-10/h6-7,10H,1-5,8H2,(H2,14,17). The van der Waals surface area contributed by atoms with Crippen LogP contribution in [0.15, 0.2) is 17.0 Å². The van der Waals surface area contributed by atoms with Crippen molar-refractivity contribution < 1.29 is 0 Å². The molecular formula is C12H17BrN6. The van der Waals surface area contributed by atoms with E-state index in [0.717, 1.165) is 5.69 Å². The van der Waals surface area contributed by atoms with Gasteiger partial charge < -0.3 is 5.73 Å². The number of aromatic nitrogens is 5. The van der Waals surface area contributed by atoms with Crippen LogP contribution < -0.4 is 5.73 Å². The van der Waals surface area contributed by atoms with Gasteiger partial charge in [-0.25, -0.2) is 4.68 Å². The van der Waals surface area contributed by atoms with Crippen molar-refractivity contribution in [3.05, 3.63) is 22.7 Å². The highest BCUT2D eigenvalue weighted by atomic mass is 79.9. The summed E-state index contributed by atoms with van der Waals surface area (Å²) in [6.45, 7) is 0.588. The monoisotopic (exact) mass is 324 g/mol. The minimum atomic E-state index is 0.276. The molecule has 0 atom stereocenters. The van der Waals surface area contributed by atoms with Crippen LogP contribution in [-0.2, 0) is 6.54 Å². The number of anilines is 1. The van der Waals surface area contributed by atoms with Crippen molar-refractivity contribution >= 4 is 21.9 Å². The molecule has 3 rings (SSSR count). The Morgan fingerprint density at radius 2 is 2.05 bits per heavy atom. The van der Waals surface area contributed by atoms with Crippen LogP contribution in [0.5, 0.6) is 0 Å². The van der Waals surface area contributed by atoms with Gasteiger partial charge in [-0.2, -0.15) is 10.1 Å². The highest BCUT2D eigenvalue weighted by Gasteiger charge is 2.16.